The van der Waals surface area contributed by atoms with Crippen molar-refractivity contribution in [3.63, 3.8) is 0 Å². The maximum absolute atomic E-state index is 13.3. The van der Waals surface area contributed by atoms with Gasteiger partial charge in [-0.2, -0.15) is 0 Å². The third kappa shape index (κ3) is 3.74. The van der Waals surface area contributed by atoms with Crippen LogP contribution in [0.15, 0.2) is 79.1 Å². The van der Waals surface area contributed by atoms with Gasteiger partial charge in [0.25, 0.3) is 0 Å². The van der Waals surface area contributed by atoms with Crippen molar-refractivity contribution in [2.45, 2.75) is 31.6 Å². The average molecular weight is 410 g/mol. The Morgan fingerprint density at radius 2 is 1.77 bits per heavy atom. The predicted octanol–water partition coefficient (Wildman–Crippen LogP) is 5.74. The summed E-state index contributed by atoms with van der Waals surface area (Å²) >= 11 is 0. The SMILES string of the molecule is C[C@H](C(=O)N1CCC[C@@H](c2[nH]c3ccccc3c2-c2ccncc2)C1)c1ccccc1. The van der Waals surface area contributed by atoms with E-state index in [1.165, 1.54) is 22.2 Å². The number of nitrogens with one attached hydrogen (secondary N) is 1. The molecule has 4 nitrogen and oxygen atoms in total. The first-order chi connectivity index (χ1) is 15.2. The molecule has 4 aromatic rings. The van der Waals surface area contributed by atoms with Gasteiger partial charge < -0.3 is 9.88 Å². The Bertz CT molecular complexity index is 1180. The van der Waals surface area contributed by atoms with E-state index in [0.717, 1.165) is 37.0 Å². The minimum absolute atomic E-state index is 0.123. The van der Waals surface area contributed by atoms with Crippen molar-refractivity contribution < 1.29 is 4.79 Å². The molecular weight excluding hydrogens is 382 g/mol. The molecule has 5 rings (SSSR count). The van der Waals surface area contributed by atoms with Crippen LogP contribution in [0.4, 0.5) is 0 Å². The fourth-order valence-electron chi connectivity index (χ4n) is 4.87. The summed E-state index contributed by atoms with van der Waals surface area (Å²) in [6, 6.07) is 22.7. The van der Waals surface area contributed by atoms with Crippen LogP contribution < -0.4 is 0 Å². The van der Waals surface area contributed by atoms with Crippen LogP contribution in [-0.2, 0) is 4.79 Å². The number of pyridine rings is 1. The van der Waals surface area contributed by atoms with Crippen LogP contribution in [-0.4, -0.2) is 33.9 Å². The Morgan fingerprint density at radius 3 is 2.58 bits per heavy atom. The van der Waals surface area contributed by atoms with Crippen LogP contribution in [0.25, 0.3) is 22.0 Å². The number of hydrogen-bond acceptors (Lipinski definition) is 2. The topological polar surface area (TPSA) is 49.0 Å². The van der Waals surface area contributed by atoms with Crippen LogP contribution in [0.1, 0.15) is 42.9 Å². The smallest absolute Gasteiger partial charge is 0.229 e. The Morgan fingerprint density at radius 1 is 1.03 bits per heavy atom. The second-order valence-electron chi connectivity index (χ2n) is 8.45. The van der Waals surface area contributed by atoms with Gasteiger partial charge in [-0.25, -0.2) is 0 Å². The molecule has 1 aliphatic heterocycles. The standard InChI is InChI=1S/C27H27N3O/c1-19(20-8-3-2-4-9-20)27(31)30-17-7-10-22(18-30)26-25(21-13-15-28-16-14-21)23-11-5-6-12-24(23)29-26/h2-6,8-9,11-16,19,22,29H,7,10,17-18H2,1H3/t19-,22+/m0/s1. The van der Waals surface area contributed by atoms with E-state index in [2.05, 4.69) is 51.3 Å². The largest absolute Gasteiger partial charge is 0.358 e. The highest BCUT2D eigenvalue weighted by Gasteiger charge is 2.30. The van der Waals surface area contributed by atoms with Gasteiger partial charge in [0.05, 0.1) is 5.92 Å². The number of aromatic amines is 1. The number of amides is 1. The van der Waals surface area contributed by atoms with E-state index in [4.69, 9.17) is 0 Å². The highest BCUT2D eigenvalue weighted by molar-refractivity contribution is 5.97. The summed E-state index contributed by atoms with van der Waals surface area (Å²) < 4.78 is 0. The molecule has 4 heteroatoms. The number of para-hydroxylation sites is 1. The molecule has 3 heterocycles. The third-order valence-corrected chi connectivity index (χ3v) is 6.52. The fourth-order valence-corrected chi connectivity index (χ4v) is 4.87. The van der Waals surface area contributed by atoms with Crippen molar-refractivity contribution >= 4 is 16.8 Å². The first kappa shape index (κ1) is 19.6. The molecule has 1 fully saturated rings. The molecule has 31 heavy (non-hydrogen) atoms. The number of nitrogens with zero attached hydrogens (tertiary/aromatic N) is 2. The molecule has 1 saturated heterocycles. The zero-order valence-electron chi connectivity index (χ0n) is 17.8. The number of benzene rings is 2. The molecule has 1 aliphatic rings. The van der Waals surface area contributed by atoms with Crippen LogP contribution in [0.5, 0.6) is 0 Å². The lowest BCUT2D eigenvalue weighted by Gasteiger charge is -2.34. The van der Waals surface area contributed by atoms with Gasteiger partial charge in [-0.1, -0.05) is 48.5 Å². The zero-order chi connectivity index (χ0) is 21.2. The summed E-state index contributed by atoms with van der Waals surface area (Å²) in [4.78, 5) is 23.3. The Labute approximate surface area is 182 Å². The summed E-state index contributed by atoms with van der Waals surface area (Å²) in [5.41, 5.74) is 5.87. The molecule has 0 saturated carbocycles. The number of aromatic nitrogens is 2. The molecule has 2 aromatic heterocycles. The molecule has 0 aliphatic carbocycles. The molecule has 0 unspecified atom stereocenters. The number of piperidine rings is 1. The van der Waals surface area contributed by atoms with Crippen LogP contribution >= 0.6 is 0 Å². The first-order valence-corrected chi connectivity index (χ1v) is 11.1. The molecule has 2 atom stereocenters. The van der Waals surface area contributed by atoms with E-state index in [-0.39, 0.29) is 17.7 Å². The minimum atomic E-state index is -0.123. The van der Waals surface area contributed by atoms with E-state index < -0.39 is 0 Å². The minimum Gasteiger partial charge on any atom is -0.358 e. The maximum atomic E-state index is 13.3. The van der Waals surface area contributed by atoms with Gasteiger partial charge in [-0.15, -0.1) is 0 Å². The number of fused-ring (bicyclic) bond motifs is 1. The zero-order valence-corrected chi connectivity index (χ0v) is 17.8. The fraction of sp³-hybridized carbons (Fsp3) is 0.259. The van der Waals surface area contributed by atoms with Crippen molar-refractivity contribution in [2.24, 2.45) is 0 Å². The van der Waals surface area contributed by atoms with Gasteiger partial charge >= 0.3 is 0 Å². The second-order valence-corrected chi connectivity index (χ2v) is 8.45. The Hall–Kier alpha value is -3.40. The summed E-state index contributed by atoms with van der Waals surface area (Å²) in [6.07, 6.45) is 5.79. The van der Waals surface area contributed by atoms with Crippen LogP contribution in [0.2, 0.25) is 0 Å². The summed E-state index contributed by atoms with van der Waals surface area (Å²) in [7, 11) is 0. The highest BCUT2D eigenvalue weighted by atomic mass is 16.2. The van der Waals surface area contributed by atoms with Gasteiger partial charge in [0.15, 0.2) is 0 Å². The second kappa shape index (κ2) is 8.38. The Kier molecular flexibility index (Phi) is 5.29. The van der Waals surface area contributed by atoms with E-state index in [1.54, 1.807) is 0 Å². The van der Waals surface area contributed by atoms with Gasteiger partial charge in [0, 0.05) is 53.6 Å². The lowest BCUT2D eigenvalue weighted by Crippen LogP contribution is -2.41. The van der Waals surface area contributed by atoms with Crippen molar-refractivity contribution in [2.75, 3.05) is 13.1 Å². The van der Waals surface area contributed by atoms with E-state index in [9.17, 15) is 4.79 Å². The van der Waals surface area contributed by atoms with E-state index >= 15 is 0 Å². The Balaban J connectivity index is 1.48. The summed E-state index contributed by atoms with van der Waals surface area (Å²) in [6.45, 7) is 3.60. The highest BCUT2D eigenvalue weighted by Crippen LogP contribution is 2.39. The number of carbonyl (C=O) groups excluding carboxylic acids is 1. The first-order valence-electron chi connectivity index (χ1n) is 11.1. The van der Waals surface area contributed by atoms with Crippen LogP contribution in [0, 0.1) is 0 Å². The number of carbonyl (C=O) groups is 1. The van der Waals surface area contributed by atoms with Crippen molar-refractivity contribution in [3.05, 3.63) is 90.4 Å². The number of likely N-dealkylation sites (tertiary alicyclic amines) is 1. The predicted molar refractivity (Wildman–Crippen MR) is 125 cm³/mol. The molecule has 1 amide bonds. The van der Waals surface area contributed by atoms with Gasteiger partial charge in [0.2, 0.25) is 5.91 Å². The lowest BCUT2D eigenvalue weighted by molar-refractivity contribution is -0.133. The van der Waals surface area contributed by atoms with Crippen LogP contribution in [0.3, 0.4) is 0 Å². The molecule has 1 N–H and O–H groups in total. The number of H-pyrrole nitrogens is 1. The molecule has 2 aromatic carbocycles. The lowest BCUT2D eigenvalue weighted by atomic mass is 9.89. The summed E-state index contributed by atoms with van der Waals surface area (Å²) in [5, 5.41) is 1.23. The van der Waals surface area contributed by atoms with Crippen molar-refractivity contribution in [1.29, 1.82) is 0 Å². The normalized spacial score (nSPS) is 17.6. The molecule has 156 valence electrons. The third-order valence-electron chi connectivity index (χ3n) is 6.52. The van der Waals surface area contributed by atoms with Gasteiger partial charge in [-0.05, 0) is 49.1 Å². The van der Waals surface area contributed by atoms with Gasteiger partial charge in [0.1, 0.15) is 0 Å². The van der Waals surface area contributed by atoms with Crippen molar-refractivity contribution in [3.8, 4) is 11.1 Å². The van der Waals surface area contributed by atoms with E-state index in [0.29, 0.717) is 0 Å². The number of hydrogen-bond donors (Lipinski definition) is 1. The quantitative estimate of drug-likeness (QED) is 0.467. The molecule has 0 spiro atoms. The average Bonchev–Trinajstić information content (AvgIpc) is 3.24. The molecule has 0 bridgehead atoms. The maximum Gasteiger partial charge on any atom is 0.229 e. The monoisotopic (exact) mass is 409 g/mol. The summed E-state index contributed by atoms with van der Waals surface area (Å²) in [5.74, 6) is 0.385. The molecular formula is C27H27N3O. The molecule has 0 radical (unpaired) electrons. The van der Waals surface area contributed by atoms with Gasteiger partial charge in [-0.3, -0.25) is 9.78 Å². The van der Waals surface area contributed by atoms with E-state index in [1.807, 2.05) is 49.6 Å². The van der Waals surface area contributed by atoms with Crippen molar-refractivity contribution in [1.82, 2.24) is 14.9 Å². The number of rotatable bonds is 4.